The first kappa shape index (κ1) is 17.1. The normalized spacial score (nSPS) is 11.2. The number of hydrogen-bond acceptors (Lipinski definition) is 3. The van der Waals surface area contributed by atoms with E-state index in [0.29, 0.717) is 5.56 Å². The lowest BCUT2D eigenvalue weighted by atomic mass is 10.2. The van der Waals surface area contributed by atoms with E-state index in [-0.39, 0.29) is 23.6 Å². The van der Waals surface area contributed by atoms with Crippen molar-refractivity contribution >= 4 is 21.4 Å². The number of anilines is 1. The van der Waals surface area contributed by atoms with Crippen LogP contribution in [0.4, 0.5) is 10.1 Å². The maximum atomic E-state index is 13.4. The Morgan fingerprint density at radius 2 is 1.87 bits per heavy atom. The van der Waals surface area contributed by atoms with E-state index in [0.717, 1.165) is 5.56 Å². The van der Waals surface area contributed by atoms with Crippen LogP contribution in [0.25, 0.3) is 0 Å². The lowest BCUT2D eigenvalue weighted by Gasteiger charge is -2.07. The number of hydrogen-bond donors (Lipinski definition) is 1. The lowest BCUT2D eigenvalue weighted by molar-refractivity contribution is -0.115. The third kappa shape index (κ3) is 5.49. The minimum absolute atomic E-state index is 0.0496. The summed E-state index contributed by atoms with van der Waals surface area (Å²) in [7, 11) is -3.40. The van der Waals surface area contributed by atoms with Crippen molar-refractivity contribution in [2.45, 2.75) is 19.1 Å². The molecule has 2 rings (SSSR count). The molecule has 0 spiro atoms. The van der Waals surface area contributed by atoms with Crippen LogP contribution in [0.3, 0.4) is 0 Å². The Balaban J connectivity index is 1.91. The van der Waals surface area contributed by atoms with Gasteiger partial charge in [-0.3, -0.25) is 4.79 Å². The predicted molar refractivity (Wildman–Crippen MR) is 88.3 cm³/mol. The average Bonchev–Trinajstić information content (AvgIpc) is 2.47. The molecule has 4 nitrogen and oxygen atoms in total. The molecule has 122 valence electrons. The summed E-state index contributed by atoms with van der Waals surface area (Å²) in [6, 6.07) is 13.0. The highest BCUT2D eigenvalue weighted by Gasteiger charge is 2.15. The number of amides is 1. The van der Waals surface area contributed by atoms with E-state index >= 15 is 0 Å². The van der Waals surface area contributed by atoms with Gasteiger partial charge in [0.1, 0.15) is 5.82 Å². The molecular weight excluding hydrogens is 317 g/mol. The van der Waals surface area contributed by atoms with E-state index in [4.69, 9.17) is 0 Å². The van der Waals surface area contributed by atoms with Crippen LogP contribution in [0.5, 0.6) is 0 Å². The second-order valence-corrected chi connectivity index (χ2v) is 7.54. The second kappa shape index (κ2) is 7.37. The Hall–Kier alpha value is -2.21. The molecule has 1 N–H and O–H groups in total. The van der Waals surface area contributed by atoms with E-state index < -0.39 is 21.6 Å². The van der Waals surface area contributed by atoms with Crippen LogP contribution in [0.15, 0.2) is 48.5 Å². The fourth-order valence-corrected chi connectivity index (χ4v) is 3.48. The lowest BCUT2D eigenvalue weighted by Crippen LogP contribution is -2.18. The van der Waals surface area contributed by atoms with Gasteiger partial charge in [-0.2, -0.15) is 0 Å². The van der Waals surface area contributed by atoms with Crippen molar-refractivity contribution in [3.05, 3.63) is 65.5 Å². The smallest absolute Gasteiger partial charge is 0.225 e. The van der Waals surface area contributed by atoms with Gasteiger partial charge in [0.05, 0.1) is 17.2 Å². The number of halogens is 1. The minimum Gasteiger partial charge on any atom is -0.324 e. The Labute approximate surface area is 135 Å². The first-order chi connectivity index (χ1) is 10.9. The van der Waals surface area contributed by atoms with Gasteiger partial charge in [0, 0.05) is 6.42 Å². The van der Waals surface area contributed by atoms with Crippen LogP contribution in [0.1, 0.15) is 17.5 Å². The zero-order valence-electron chi connectivity index (χ0n) is 12.8. The number of para-hydroxylation sites is 1. The SMILES string of the molecule is Cc1cccc(CS(=O)(=O)CCC(=O)Nc2ccccc2F)c1. The molecule has 0 unspecified atom stereocenters. The zero-order chi connectivity index (χ0) is 16.9. The number of carbonyl (C=O) groups excluding carboxylic acids is 1. The third-order valence-corrected chi connectivity index (χ3v) is 4.86. The molecule has 0 bridgehead atoms. The van der Waals surface area contributed by atoms with Crippen LogP contribution >= 0.6 is 0 Å². The largest absolute Gasteiger partial charge is 0.324 e. The van der Waals surface area contributed by atoms with Gasteiger partial charge in [0.2, 0.25) is 5.91 Å². The van der Waals surface area contributed by atoms with Crippen molar-refractivity contribution in [1.29, 1.82) is 0 Å². The number of benzene rings is 2. The molecule has 23 heavy (non-hydrogen) atoms. The van der Waals surface area contributed by atoms with E-state index in [1.807, 2.05) is 13.0 Å². The highest BCUT2D eigenvalue weighted by Crippen LogP contribution is 2.14. The molecule has 0 aromatic heterocycles. The van der Waals surface area contributed by atoms with Crippen molar-refractivity contribution < 1.29 is 17.6 Å². The quantitative estimate of drug-likeness (QED) is 0.882. The van der Waals surface area contributed by atoms with Crippen LogP contribution < -0.4 is 5.32 Å². The molecule has 0 atom stereocenters. The fourth-order valence-electron chi connectivity index (χ4n) is 2.15. The first-order valence-electron chi connectivity index (χ1n) is 7.16. The van der Waals surface area contributed by atoms with Gasteiger partial charge in [0.25, 0.3) is 0 Å². The monoisotopic (exact) mass is 335 g/mol. The Morgan fingerprint density at radius 3 is 2.57 bits per heavy atom. The number of rotatable bonds is 6. The Morgan fingerprint density at radius 1 is 1.13 bits per heavy atom. The van der Waals surface area contributed by atoms with Crippen LogP contribution in [0.2, 0.25) is 0 Å². The van der Waals surface area contributed by atoms with Crippen LogP contribution in [-0.2, 0) is 20.4 Å². The maximum Gasteiger partial charge on any atom is 0.225 e. The number of sulfone groups is 1. The molecule has 0 aliphatic rings. The Kier molecular flexibility index (Phi) is 5.50. The van der Waals surface area contributed by atoms with E-state index in [2.05, 4.69) is 5.32 Å². The van der Waals surface area contributed by atoms with Gasteiger partial charge >= 0.3 is 0 Å². The van der Waals surface area contributed by atoms with Gasteiger partial charge in [-0.1, -0.05) is 42.0 Å². The van der Waals surface area contributed by atoms with Gasteiger partial charge < -0.3 is 5.32 Å². The highest BCUT2D eigenvalue weighted by molar-refractivity contribution is 7.90. The molecule has 0 aliphatic carbocycles. The van der Waals surface area contributed by atoms with E-state index in [9.17, 15) is 17.6 Å². The second-order valence-electron chi connectivity index (χ2n) is 5.36. The summed E-state index contributed by atoms with van der Waals surface area (Å²) < 4.78 is 37.6. The zero-order valence-corrected chi connectivity index (χ0v) is 13.6. The molecule has 0 radical (unpaired) electrons. The summed E-state index contributed by atoms with van der Waals surface area (Å²) in [5.74, 6) is -1.46. The fraction of sp³-hybridized carbons (Fsp3) is 0.235. The molecule has 1 amide bonds. The van der Waals surface area contributed by atoms with Gasteiger partial charge in [0.15, 0.2) is 9.84 Å². The van der Waals surface area contributed by atoms with Gasteiger partial charge in [-0.25, -0.2) is 12.8 Å². The molecule has 2 aromatic carbocycles. The summed E-state index contributed by atoms with van der Waals surface area (Å²) in [6.07, 6.45) is -0.206. The molecule has 0 saturated carbocycles. The van der Waals surface area contributed by atoms with E-state index in [1.165, 1.54) is 18.2 Å². The third-order valence-electron chi connectivity index (χ3n) is 3.26. The van der Waals surface area contributed by atoms with Gasteiger partial charge in [-0.05, 0) is 24.6 Å². The minimum atomic E-state index is -3.40. The summed E-state index contributed by atoms with van der Waals surface area (Å²) in [5.41, 5.74) is 1.73. The highest BCUT2D eigenvalue weighted by atomic mass is 32.2. The summed E-state index contributed by atoms with van der Waals surface area (Å²) in [4.78, 5) is 11.8. The van der Waals surface area contributed by atoms with Crippen molar-refractivity contribution in [2.24, 2.45) is 0 Å². The summed E-state index contributed by atoms with van der Waals surface area (Å²) in [5, 5.41) is 2.38. The van der Waals surface area contributed by atoms with Crippen molar-refractivity contribution in [3.8, 4) is 0 Å². The Bertz CT molecular complexity index is 803. The maximum absolute atomic E-state index is 13.4. The van der Waals surface area contributed by atoms with Crippen molar-refractivity contribution in [1.82, 2.24) is 0 Å². The molecule has 0 heterocycles. The van der Waals surface area contributed by atoms with Crippen molar-refractivity contribution in [2.75, 3.05) is 11.1 Å². The number of aryl methyl sites for hydroxylation is 1. The molecule has 0 aliphatic heterocycles. The average molecular weight is 335 g/mol. The molecule has 6 heteroatoms. The summed E-state index contributed by atoms with van der Waals surface area (Å²) >= 11 is 0. The molecule has 0 fully saturated rings. The first-order valence-corrected chi connectivity index (χ1v) is 8.98. The topological polar surface area (TPSA) is 63.2 Å². The molecule has 0 saturated heterocycles. The predicted octanol–water partition coefficient (Wildman–Crippen LogP) is 3.08. The standard InChI is InChI=1S/C17H18FNO3S/c1-13-5-4-6-14(11-13)12-23(21,22)10-9-17(20)19-16-8-3-2-7-15(16)18/h2-8,11H,9-10,12H2,1H3,(H,19,20). The molecule has 2 aromatic rings. The van der Waals surface area contributed by atoms with Crippen molar-refractivity contribution in [3.63, 3.8) is 0 Å². The van der Waals surface area contributed by atoms with Crippen LogP contribution in [-0.4, -0.2) is 20.1 Å². The van der Waals surface area contributed by atoms with Gasteiger partial charge in [-0.15, -0.1) is 0 Å². The van der Waals surface area contributed by atoms with E-state index in [1.54, 1.807) is 24.3 Å². The molecular formula is C17H18FNO3S. The number of carbonyl (C=O) groups is 1. The summed E-state index contributed by atoms with van der Waals surface area (Å²) in [6.45, 7) is 1.89. The van der Waals surface area contributed by atoms with Crippen LogP contribution in [0, 0.1) is 12.7 Å². The number of nitrogens with one attached hydrogen (secondary N) is 1.